The fourth-order valence-corrected chi connectivity index (χ4v) is 3.48. The van der Waals surface area contributed by atoms with Gasteiger partial charge in [0.25, 0.3) is 0 Å². The van der Waals surface area contributed by atoms with Crippen molar-refractivity contribution in [1.29, 1.82) is 0 Å². The number of thioether (sulfide) groups is 1. The van der Waals surface area contributed by atoms with E-state index in [9.17, 15) is 22.8 Å². The summed E-state index contributed by atoms with van der Waals surface area (Å²) in [4.78, 5) is 23.9. The number of amides is 1. The molecular formula is C16H17F3N4O3S. The predicted molar refractivity (Wildman–Crippen MR) is 92.6 cm³/mol. The molecule has 1 aromatic carbocycles. The van der Waals surface area contributed by atoms with Gasteiger partial charge in [0.2, 0.25) is 5.91 Å². The molecule has 3 rings (SSSR count). The van der Waals surface area contributed by atoms with Gasteiger partial charge in [0, 0.05) is 6.61 Å². The molecule has 1 atom stereocenters. The topological polar surface area (TPSA) is 89.0 Å². The third-order valence-electron chi connectivity index (χ3n) is 3.97. The summed E-state index contributed by atoms with van der Waals surface area (Å²) < 4.78 is 45.8. The number of aromatic amines is 1. The van der Waals surface area contributed by atoms with Crippen molar-refractivity contribution in [3.8, 4) is 0 Å². The lowest BCUT2D eigenvalue weighted by Crippen LogP contribution is -2.25. The Kier molecular flexibility index (Phi) is 5.90. The fourth-order valence-electron chi connectivity index (χ4n) is 2.72. The van der Waals surface area contributed by atoms with Gasteiger partial charge in [0.05, 0.1) is 29.7 Å². The number of hydrogen-bond donors (Lipinski definition) is 2. The van der Waals surface area contributed by atoms with Gasteiger partial charge in [-0.1, -0.05) is 23.9 Å². The summed E-state index contributed by atoms with van der Waals surface area (Å²) in [6.45, 7) is 0.955. The summed E-state index contributed by atoms with van der Waals surface area (Å²) in [5.74, 6) is -0.821. The van der Waals surface area contributed by atoms with Crippen LogP contribution in [0.4, 0.5) is 18.9 Å². The average molecular weight is 402 g/mol. The molecule has 1 aromatic heterocycles. The lowest BCUT2D eigenvalue weighted by molar-refractivity contribution is -0.137. The molecule has 2 N–H and O–H groups in total. The summed E-state index contributed by atoms with van der Waals surface area (Å²) >= 11 is 0.964. The second kappa shape index (κ2) is 8.17. The van der Waals surface area contributed by atoms with Gasteiger partial charge in [0.15, 0.2) is 5.16 Å². The second-order valence-corrected chi connectivity index (χ2v) is 6.88. The molecule has 1 aliphatic heterocycles. The first-order valence-corrected chi connectivity index (χ1v) is 9.19. The molecule has 1 saturated heterocycles. The number of rotatable bonds is 6. The van der Waals surface area contributed by atoms with Crippen LogP contribution in [0.5, 0.6) is 0 Å². The van der Waals surface area contributed by atoms with Crippen LogP contribution in [0, 0.1) is 0 Å². The highest BCUT2D eigenvalue weighted by molar-refractivity contribution is 7.99. The molecule has 0 bridgehead atoms. The van der Waals surface area contributed by atoms with E-state index in [1.165, 1.54) is 22.8 Å². The molecule has 27 heavy (non-hydrogen) atoms. The standard InChI is InChI=1S/C16H17F3N4O3S/c17-16(18,19)11-5-1-2-6-12(11)20-13(24)9-27-15-22-21-14(25)23(15)8-10-4-3-7-26-10/h1-2,5-6,10H,3-4,7-9H2,(H,20,24)(H,21,25). The molecule has 1 amide bonds. The van der Waals surface area contributed by atoms with Crippen molar-refractivity contribution in [1.82, 2.24) is 14.8 Å². The van der Waals surface area contributed by atoms with E-state index in [2.05, 4.69) is 15.5 Å². The smallest absolute Gasteiger partial charge is 0.376 e. The molecule has 0 spiro atoms. The second-order valence-electron chi connectivity index (χ2n) is 5.94. The number of alkyl halides is 3. The third-order valence-corrected chi connectivity index (χ3v) is 4.95. The zero-order valence-corrected chi connectivity index (χ0v) is 14.9. The minimum absolute atomic E-state index is 0.0906. The number of nitrogens with zero attached hydrogens (tertiary/aromatic N) is 2. The number of nitrogens with one attached hydrogen (secondary N) is 2. The van der Waals surface area contributed by atoms with Crippen molar-refractivity contribution < 1.29 is 22.7 Å². The Balaban J connectivity index is 1.63. The Hall–Kier alpha value is -2.27. The minimum Gasteiger partial charge on any atom is -0.376 e. The summed E-state index contributed by atoms with van der Waals surface area (Å²) in [7, 11) is 0. The zero-order chi connectivity index (χ0) is 19.4. The maximum atomic E-state index is 13.0. The third kappa shape index (κ3) is 4.92. The monoisotopic (exact) mass is 402 g/mol. The molecule has 0 radical (unpaired) electrons. The molecule has 1 fully saturated rings. The van der Waals surface area contributed by atoms with Gasteiger partial charge < -0.3 is 10.1 Å². The lowest BCUT2D eigenvalue weighted by Gasteiger charge is -2.13. The van der Waals surface area contributed by atoms with Crippen LogP contribution in [0.25, 0.3) is 0 Å². The van der Waals surface area contributed by atoms with E-state index in [1.807, 2.05) is 0 Å². The Morgan fingerprint density at radius 1 is 1.41 bits per heavy atom. The number of ether oxygens (including phenoxy) is 1. The van der Waals surface area contributed by atoms with Crippen LogP contribution in [0.2, 0.25) is 0 Å². The van der Waals surface area contributed by atoms with Crippen molar-refractivity contribution in [3.05, 3.63) is 40.3 Å². The fraction of sp³-hybridized carbons (Fsp3) is 0.438. The number of halogens is 3. The van der Waals surface area contributed by atoms with E-state index >= 15 is 0 Å². The van der Waals surface area contributed by atoms with Crippen LogP contribution in [-0.2, 0) is 22.3 Å². The maximum absolute atomic E-state index is 13.0. The largest absolute Gasteiger partial charge is 0.418 e. The Morgan fingerprint density at radius 3 is 2.89 bits per heavy atom. The summed E-state index contributed by atoms with van der Waals surface area (Å²) in [5, 5.41) is 8.72. The Bertz CT molecular complexity index is 859. The summed E-state index contributed by atoms with van der Waals surface area (Å²) in [5.41, 5.74) is -1.65. The van der Waals surface area contributed by atoms with Crippen molar-refractivity contribution in [2.45, 2.75) is 36.8 Å². The van der Waals surface area contributed by atoms with Crippen LogP contribution < -0.4 is 11.0 Å². The SMILES string of the molecule is O=C(CSc1n[nH]c(=O)n1CC1CCCO1)Nc1ccccc1C(F)(F)F. The van der Waals surface area contributed by atoms with E-state index in [4.69, 9.17) is 4.74 Å². The average Bonchev–Trinajstić information content (AvgIpc) is 3.24. The van der Waals surface area contributed by atoms with Gasteiger partial charge in [-0.2, -0.15) is 13.2 Å². The first-order chi connectivity index (χ1) is 12.8. The van der Waals surface area contributed by atoms with E-state index < -0.39 is 23.3 Å². The Labute approximate surface area is 156 Å². The van der Waals surface area contributed by atoms with Gasteiger partial charge >= 0.3 is 11.9 Å². The predicted octanol–water partition coefficient (Wildman–Crippen LogP) is 2.50. The van der Waals surface area contributed by atoms with Crippen LogP contribution >= 0.6 is 11.8 Å². The number of anilines is 1. The molecule has 1 unspecified atom stereocenters. The highest BCUT2D eigenvalue weighted by atomic mass is 32.2. The van der Waals surface area contributed by atoms with Crippen LogP contribution in [0.15, 0.2) is 34.2 Å². The summed E-state index contributed by atoms with van der Waals surface area (Å²) in [6, 6.07) is 4.74. The van der Waals surface area contributed by atoms with E-state index in [0.717, 1.165) is 30.7 Å². The highest BCUT2D eigenvalue weighted by Crippen LogP contribution is 2.34. The molecule has 146 valence electrons. The molecule has 1 aliphatic rings. The van der Waals surface area contributed by atoms with E-state index in [0.29, 0.717) is 13.2 Å². The molecule has 7 nitrogen and oxygen atoms in total. The normalized spacial score (nSPS) is 17.2. The van der Waals surface area contributed by atoms with Crippen molar-refractivity contribution in [3.63, 3.8) is 0 Å². The molecular weight excluding hydrogens is 385 g/mol. The number of H-pyrrole nitrogens is 1. The van der Waals surface area contributed by atoms with Gasteiger partial charge in [0.1, 0.15) is 0 Å². The number of carbonyl (C=O) groups is 1. The maximum Gasteiger partial charge on any atom is 0.418 e. The molecule has 0 saturated carbocycles. The number of benzene rings is 1. The van der Waals surface area contributed by atoms with Crippen LogP contribution in [0.3, 0.4) is 0 Å². The number of para-hydroxylation sites is 1. The minimum atomic E-state index is -4.57. The summed E-state index contributed by atoms with van der Waals surface area (Å²) in [6.07, 6.45) is -2.91. The van der Waals surface area contributed by atoms with Gasteiger partial charge in [-0.05, 0) is 25.0 Å². The van der Waals surface area contributed by atoms with E-state index in [1.54, 1.807) is 0 Å². The Morgan fingerprint density at radius 2 is 2.19 bits per heavy atom. The van der Waals surface area contributed by atoms with Crippen molar-refractivity contribution in [2.24, 2.45) is 0 Å². The van der Waals surface area contributed by atoms with Crippen LogP contribution in [0.1, 0.15) is 18.4 Å². The number of hydrogen-bond acceptors (Lipinski definition) is 5. The van der Waals surface area contributed by atoms with Crippen LogP contribution in [-0.4, -0.2) is 39.1 Å². The molecule has 11 heteroatoms. The first kappa shape index (κ1) is 19.5. The van der Waals surface area contributed by atoms with Crippen molar-refractivity contribution >= 4 is 23.4 Å². The quantitative estimate of drug-likeness (QED) is 0.725. The van der Waals surface area contributed by atoms with Crippen molar-refractivity contribution in [2.75, 3.05) is 17.7 Å². The molecule has 2 heterocycles. The van der Waals surface area contributed by atoms with Gasteiger partial charge in [-0.15, -0.1) is 5.10 Å². The zero-order valence-electron chi connectivity index (χ0n) is 14.1. The first-order valence-electron chi connectivity index (χ1n) is 8.20. The number of aromatic nitrogens is 3. The molecule has 0 aliphatic carbocycles. The van der Waals surface area contributed by atoms with Gasteiger partial charge in [-0.25, -0.2) is 9.89 Å². The lowest BCUT2D eigenvalue weighted by atomic mass is 10.1. The van der Waals surface area contributed by atoms with Gasteiger partial charge in [-0.3, -0.25) is 9.36 Å². The highest BCUT2D eigenvalue weighted by Gasteiger charge is 2.33. The number of carbonyl (C=O) groups excluding carboxylic acids is 1. The van der Waals surface area contributed by atoms with E-state index in [-0.39, 0.29) is 22.7 Å². The molecule has 2 aromatic rings.